The lowest BCUT2D eigenvalue weighted by molar-refractivity contribution is 0.623. The fourth-order valence-electron chi connectivity index (χ4n) is 3.49. The average Bonchev–Trinajstić information content (AvgIpc) is 2.78. The first kappa shape index (κ1) is 22.1. The summed E-state index contributed by atoms with van der Waals surface area (Å²) in [5, 5.41) is 21.7. The van der Waals surface area contributed by atoms with Crippen LogP contribution in [0.2, 0.25) is 0 Å². The Hall–Kier alpha value is -5.10. The molecule has 2 aromatic heterocycles. The number of hydrogen-bond donors (Lipinski definition) is 3. The second-order valence-electron chi connectivity index (χ2n) is 7.22. The number of nitrogen functional groups attached to an aromatic ring is 2. The second-order valence-corrected chi connectivity index (χ2v) is 7.22. The lowest BCUT2D eigenvalue weighted by atomic mass is 10.1. The Labute approximate surface area is 190 Å². The number of nitrogens with two attached hydrogens (primary N) is 2. The lowest BCUT2D eigenvalue weighted by Crippen LogP contribution is -2.28. The number of rotatable bonds is 4. The fourth-order valence-corrected chi connectivity index (χ4v) is 3.49. The zero-order valence-corrected chi connectivity index (χ0v) is 17.5. The highest BCUT2D eigenvalue weighted by Gasteiger charge is 2.22. The van der Waals surface area contributed by atoms with Crippen LogP contribution in [-0.2, 0) is 0 Å². The summed E-state index contributed by atoms with van der Waals surface area (Å²) in [7, 11) is 0. The van der Waals surface area contributed by atoms with Gasteiger partial charge in [0.2, 0.25) is 5.95 Å². The number of halogens is 2. The molecule has 0 aliphatic carbocycles. The van der Waals surface area contributed by atoms with Gasteiger partial charge in [-0.25, -0.2) is 13.8 Å². The number of anilines is 3. The number of hydrogen-bond acceptors (Lipinski definition) is 9. The number of benzene rings is 2. The summed E-state index contributed by atoms with van der Waals surface area (Å²) < 4.78 is 29.2. The molecule has 1 atom stereocenters. The van der Waals surface area contributed by atoms with Crippen molar-refractivity contribution in [3.63, 3.8) is 0 Å². The zero-order chi connectivity index (χ0) is 24.6. The van der Waals surface area contributed by atoms with Crippen molar-refractivity contribution in [3.05, 3.63) is 75.3 Å². The average molecular weight is 459 g/mol. The van der Waals surface area contributed by atoms with Crippen LogP contribution in [0, 0.1) is 34.3 Å². The zero-order valence-electron chi connectivity index (χ0n) is 17.5. The number of aromatic nitrogens is 4. The molecule has 4 rings (SSSR count). The predicted molar refractivity (Wildman–Crippen MR) is 120 cm³/mol. The number of nitriles is 2. The molecule has 0 radical (unpaired) electrons. The monoisotopic (exact) mass is 459 g/mol. The maximum Gasteiger partial charge on any atom is 0.266 e. The number of nitrogens with one attached hydrogen (secondary N) is 1. The smallest absolute Gasteiger partial charge is 0.266 e. The first-order valence-electron chi connectivity index (χ1n) is 9.75. The van der Waals surface area contributed by atoms with E-state index in [1.54, 1.807) is 6.92 Å². The molecule has 2 aromatic carbocycles. The van der Waals surface area contributed by atoms with Crippen LogP contribution in [0.15, 0.2) is 41.2 Å². The third-order valence-corrected chi connectivity index (χ3v) is 4.96. The van der Waals surface area contributed by atoms with Gasteiger partial charge < -0.3 is 16.8 Å². The van der Waals surface area contributed by atoms with Gasteiger partial charge in [0.1, 0.15) is 41.0 Å². The van der Waals surface area contributed by atoms with Crippen molar-refractivity contribution in [1.82, 2.24) is 19.5 Å². The molecule has 2 heterocycles. The Bertz CT molecular complexity index is 1600. The highest BCUT2D eigenvalue weighted by Crippen LogP contribution is 2.26. The van der Waals surface area contributed by atoms with Gasteiger partial charge >= 0.3 is 0 Å². The van der Waals surface area contributed by atoms with Crippen molar-refractivity contribution in [2.24, 2.45) is 0 Å². The largest absolute Gasteiger partial charge is 0.382 e. The SMILES string of the molecule is C[C@H](Nc1nc(N)nc(N)c1C#N)c1nc2c(C#N)cc(F)cc2c(=O)n1-c1cccc(F)c1. The molecule has 0 aliphatic rings. The summed E-state index contributed by atoms with van der Waals surface area (Å²) in [6.45, 7) is 1.59. The molecule has 0 spiro atoms. The van der Waals surface area contributed by atoms with Crippen molar-refractivity contribution in [3.8, 4) is 17.8 Å². The summed E-state index contributed by atoms with van der Waals surface area (Å²) in [5.74, 6) is -1.73. The Morgan fingerprint density at radius 3 is 2.50 bits per heavy atom. The number of nitrogens with zero attached hydrogens (tertiary/aromatic N) is 6. The molecule has 0 fully saturated rings. The lowest BCUT2D eigenvalue weighted by Gasteiger charge is -2.21. The van der Waals surface area contributed by atoms with Crippen LogP contribution < -0.4 is 22.3 Å². The van der Waals surface area contributed by atoms with Gasteiger partial charge in [-0.3, -0.25) is 9.36 Å². The van der Waals surface area contributed by atoms with E-state index in [-0.39, 0.29) is 51.1 Å². The molecule has 10 nitrogen and oxygen atoms in total. The van der Waals surface area contributed by atoms with Crippen LogP contribution in [0.5, 0.6) is 0 Å². The minimum atomic E-state index is -0.849. The van der Waals surface area contributed by atoms with Crippen LogP contribution in [0.1, 0.15) is 29.9 Å². The van der Waals surface area contributed by atoms with Gasteiger partial charge in [-0.2, -0.15) is 20.5 Å². The molecule has 0 amide bonds. The van der Waals surface area contributed by atoms with Crippen LogP contribution in [0.25, 0.3) is 16.6 Å². The third kappa shape index (κ3) is 3.80. The van der Waals surface area contributed by atoms with Crippen molar-refractivity contribution >= 4 is 28.5 Å². The van der Waals surface area contributed by atoms with E-state index < -0.39 is 23.2 Å². The topological polar surface area (TPSA) is 172 Å². The normalized spacial score (nSPS) is 11.6. The second kappa shape index (κ2) is 8.44. The van der Waals surface area contributed by atoms with Crippen LogP contribution in [-0.4, -0.2) is 19.5 Å². The molecule has 168 valence electrons. The molecule has 5 N–H and O–H groups in total. The molecular formula is C22H15F2N9O. The maximum absolute atomic E-state index is 14.1. The summed E-state index contributed by atoms with van der Waals surface area (Å²) in [5.41, 5.74) is 10.5. The molecule has 0 saturated heterocycles. The van der Waals surface area contributed by atoms with Gasteiger partial charge in [0.15, 0.2) is 5.82 Å². The third-order valence-electron chi connectivity index (χ3n) is 4.96. The number of fused-ring (bicyclic) bond motifs is 1. The highest BCUT2D eigenvalue weighted by atomic mass is 19.1. The summed E-state index contributed by atoms with van der Waals surface area (Å²) >= 11 is 0. The van der Waals surface area contributed by atoms with Gasteiger partial charge in [-0.1, -0.05) is 6.07 Å². The van der Waals surface area contributed by atoms with Crippen LogP contribution in [0.4, 0.5) is 26.4 Å². The van der Waals surface area contributed by atoms with Gasteiger partial charge in [-0.05, 0) is 37.3 Å². The quantitative estimate of drug-likeness (QED) is 0.414. The van der Waals surface area contributed by atoms with E-state index in [2.05, 4.69) is 20.3 Å². The summed E-state index contributed by atoms with van der Waals surface area (Å²) in [4.78, 5) is 25.6. The molecular weight excluding hydrogens is 444 g/mol. The van der Waals surface area contributed by atoms with Crippen LogP contribution in [0.3, 0.4) is 0 Å². The van der Waals surface area contributed by atoms with E-state index in [9.17, 15) is 24.1 Å². The van der Waals surface area contributed by atoms with Gasteiger partial charge in [0.25, 0.3) is 5.56 Å². The fraction of sp³-hybridized carbons (Fsp3) is 0.0909. The Morgan fingerprint density at radius 1 is 1.06 bits per heavy atom. The first-order valence-corrected chi connectivity index (χ1v) is 9.75. The van der Waals surface area contributed by atoms with Crippen LogP contribution >= 0.6 is 0 Å². The maximum atomic E-state index is 14.1. The van der Waals surface area contributed by atoms with Crippen molar-refractivity contribution in [2.45, 2.75) is 13.0 Å². The molecule has 0 saturated carbocycles. The Morgan fingerprint density at radius 2 is 1.82 bits per heavy atom. The first-order chi connectivity index (χ1) is 16.2. The molecule has 34 heavy (non-hydrogen) atoms. The van der Waals surface area contributed by atoms with E-state index in [1.807, 2.05) is 12.1 Å². The molecule has 0 bridgehead atoms. The van der Waals surface area contributed by atoms with E-state index in [0.717, 1.165) is 22.8 Å². The minimum Gasteiger partial charge on any atom is -0.382 e. The minimum absolute atomic E-state index is 0.0141. The highest BCUT2D eigenvalue weighted by molar-refractivity contribution is 5.84. The standard InChI is InChI=1S/C22H15F2N9O/c1-10(29-19-16(9-26)18(27)31-22(28)32-19)20-30-17-11(8-25)5-13(24)7-15(17)21(34)33(20)14-4-2-3-12(23)6-14/h2-7,10H,1H3,(H5,27,28,29,31,32)/t10-/m0/s1. The summed E-state index contributed by atoms with van der Waals surface area (Å²) in [6, 6.07) is 9.95. The van der Waals surface area contributed by atoms with E-state index >= 15 is 0 Å². The summed E-state index contributed by atoms with van der Waals surface area (Å²) in [6.07, 6.45) is 0. The van der Waals surface area contributed by atoms with Gasteiger partial charge in [-0.15, -0.1) is 0 Å². The Balaban J connectivity index is 2.01. The molecule has 0 unspecified atom stereocenters. The predicted octanol–water partition coefficient (Wildman–Crippen LogP) is 2.53. The van der Waals surface area contributed by atoms with Crippen molar-refractivity contribution in [2.75, 3.05) is 16.8 Å². The van der Waals surface area contributed by atoms with Gasteiger partial charge in [0.05, 0.1) is 28.2 Å². The molecule has 12 heteroatoms. The Kier molecular flexibility index (Phi) is 5.49. The van der Waals surface area contributed by atoms with E-state index in [4.69, 9.17) is 11.5 Å². The van der Waals surface area contributed by atoms with Gasteiger partial charge in [0, 0.05) is 0 Å². The van der Waals surface area contributed by atoms with E-state index in [1.165, 1.54) is 18.2 Å². The molecule has 0 aliphatic heterocycles. The van der Waals surface area contributed by atoms with Crippen molar-refractivity contribution in [1.29, 1.82) is 10.5 Å². The van der Waals surface area contributed by atoms with Crippen molar-refractivity contribution < 1.29 is 8.78 Å². The van der Waals surface area contributed by atoms with E-state index in [0.29, 0.717) is 0 Å². The molecule has 4 aromatic rings.